The van der Waals surface area contributed by atoms with Gasteiger partial charge in [0.05, 0.1) is 6.20 Å². The van der Waals surface area contributed by atoms with Gasteiger partial charge in [0, 0.05) is 12.1 Å². The summed E-state index contributed by atoms with van der Waals surface area (Å²) in [5, 5.41) is 6.36. The first kappa shape index (κ1) is 10.2. The lowest BCUT2D eigenvalue weighted by Crippen LogP contribution is -2.54. The smallest absolute Gasteiger partial charge is 0.256 e. The molecule has 82 valence electrons. The summed E-state index contributed by atoms with van der Waals surface area (Å²) in [6.07, 6.45) is 4.54. The third kappa shape index (κ3) is 2.02. The van der Waals surface area contributed by atoms with Crippen LogP contribution in [0.1, 0.15) is 35.4 Å². The summed E-state index contributed by atoms with van der Waals surface area (Å²) in [6.45, 7) is 2.24. The van der Waals surface area contributed by atoms with E-state index < -0.39 is 0 Å². The summed E-state index contributed by atoms with van der Waals surface area (Å²) >= 11 is 0. The van der Waals surface area contributed by atoms with Gasteiger partial charge < -0.3 is 15.6 Å². The van der Waals surface area contributed by atoms with Crippen molar-refractivity contribution in [3.05, 3.63) is 17.5 Å². The van der Waals surface area contributed by atoms with Gasteiger partial charge in [-0.15, -0.1) is 0 Å². The zero-order valence-corrected chi connectivity index (χ0v) is 8.75. The highest BCUT2D eigenvalue weighted by molar-refractivity contribution is 5.94. The molecule has 1 heterocycles. The zero-order valence-electron chi connectivity index (χ0n) is 8.75. The number of carbonyl (C=O) groups excluding carboxylic acids is 1. The summed E-state index contributed by atoms with van der Waals surface area (Å²) in [7, 11) is 0. The van der Waals surface area contributed by atoms with Crippen LogP contribution < -0.4 is 11.1 Å². The van der Waals surface area contributed by atoms with E-state index in [0.29, 0.717) is 17.9 Å². The van der Waals surface area contributed by atoms with Gasteiger partial charge in [-0.3, -0.25) is 4.79 Å². The molecule has 0 bridgehead atoms. The Bertz CT molecular complexity index is 368. The fraction of sp³-hybridized carbons (Fsp3) is 0.600. The lowest BCUT2D eigenvalue weighted by Gasteiger charge is -2.38. The second-order valence-electron chi connectivity index (χ2n) is 4.19. The molecule has 15 heavy (non-hydrogen) atoms. The number of amides is 1. The predicted octanol–water partition coefficient (Wildman–Crippen LogP) is 0.594. The first-order valence-electron chi connectivity index (χ1n) is 5.09. The molecule has 1 aliphatic carbocycles. The van der Waals surface area contributed by atoms with Crippen molar-refractivity contribution in [1.29, 1.82) is 0 Å². The number of hydrogen-bond acceptors (Lipinski definition) is 4. The number of rotatable bonds is 3. The molecule has 0 aromatic carbocycles. The van der Waals surface area contributed by atoms with Crippen LogP contribution in [-0.2, 0) is 0 Å². The minimum Gasteiger partial charge on any atom is -0.361 e. The lowest BCUT2D eigenvalue weighted by molar-refractivity contribution is 0.0928. The van der Waals surface area contributed by atoms with Crippen LogP contribution in [0.4, 0.5) is 0 Å². The highest BCUT2D eigenvalue weighted by Crippen LogP contribution is 2.28. The summed E-state index contributed by atoms with van der Waals surface area (Å²) in [5.74, 6) is 0.373. The minimum absolute atomic E-state index is 0.162. The number of nitrogens with one attached hydrogen (secondary N) is 1. The fourth-order valence-corrected chi connectivity index (χ4v) is 1.68. The molecule has 5 heteroatoms. The van der Waals surface area contributed by atoms with Crippen LogP contribution in [0.15, 0.2) is 10.7 Å². The molecule has 0 unspecified atom stereocenters. The van der Waals surface area contributed by atoms with Gasteiger partial charge in [-0.25, -0.2) is 0 Å². The molecule has 5 nitrogen and oxygen atoms in total. The third-order valence-electron chi connectivity index (χ3n) is 2.95. The van der Waals surface area contributed by atoms with E-state index in [4.69, 9.17) is 10.3 Å². The molecule has 1 aromatic heterocycles. The number of nitrogens with zero attached hydrogens (tertiary/aromatic N) is 1. The number of nitrogens with two attached hydrogens (primary N) is 1. The largest absolute Gasteiger partial charge is 0.361 e. The first-order chi connectivity index (χ1) is 7.11. The van der Waals surface area contributed by atoms with E-state index in [2.05, 4.69) is 10.5 Å². The quantitative estimate of drug-likeness (QED) is 0.763. The number of aromatic nitrogens is 1. The van der Waals surface area contributed by atoms with E-state index in [1.54, 1.807) is 6.92 Å². The number of carbonyl (C=O) groups is 1. The highest BCUT2D eigenvalue weighted by atomic mass is 16.5. The monoisotopic (exact) mass is 209 g/mol. The van der Waals surface area contributed by atoms with E-state index in [-0.39, 0.29) is 11.4 Å². The second kappa shape index (κ2) is 3.66. The van der Waals surface area contributed by atoms with Crippen molar-refractivity contribution in [3.63, 3.8) is 0 Å². The molecule has 1 aromatic rings. The molecule has 3 N–H and O–H groups in total. The first-order valence-corrected chi connectivity index (χ1v) is 5.09. The Hall–Kier alpha value is -1.36. The molecule has 1 fully saturated rings. The summed E-state index contributed by atoms with van der Waals surface area (Å²) in [5.41, 5.74) is 6.28. The van der Waals surface area contributed by atoms with Crippen LogP contribution in [0, 0.1) is 6.92 Å². The van der Waals surface area contributed by atoms with Crippen molar-refractivity contribution in [1.82, 2.24) is 10.5 Å². The zero-order chi connectivity index (χ0) is 10.9. The van der Waals surface area contributed by atoms with Gasteiger partial charge in [0.25, 0.3) is 5.91 Å². The predicted molar refractivity (Wildman–Crippen MR) is 54.3 cm³/mol. The van der Waals surface area contributed by atoms with E-state index in [1.807, 2.05) is 0 Å². The van der Waals surface area contributed by atoms with Gasteiger partial charge >= 0.3 is 0 Å². The van der Waals surface area contributed by atoms with Crippen LogP contribution in [0.3, 0.4) is 0 Å². The van der Waals surface area contributed by atoms with Gasteiger partial charge in [0.2, 0.25) is 0 Å². The molecular weight excluding hydrogens is 194 g/mol. The van der Waals surface area contributed by atoms with Gasteiger partial charge in [0.1, 0.15) is 11.3 Å². The molecule has 0 atom stereocenters. The number of aryl methyl sites for hydroxylation is 1. The Morgan fingerprint density at radius 2 is 2.47 bits per heavy atom. The van der Waals surface area contributed by atoms with Gasteiger partial charge in [-0.05, 0) is 26.2 Å². The molecule has 0 aliphatic heterocycles. The molecule has 0 radical (unpaired) electrons. The van der Waals surface area contributed by atoms with E-state index in [9.17, 15) is 4.79 Å². The molecular formula is C10H15N3O2. The van der Waals surface area contributed by atoms with E-state index in [1.165, 1.54) is 6.20 Å². The molecule has 1 aliphatic rings. The van der Waals surface area contributed by atoms with Crippen LogP contribution in [0.5, 0.6) is 0 Å². The van der Waals surface area contributed by atoms with E-state index >= 15 is 0 Å². The maximum atomic E-state index is 11.6. The molecule has 2 rings (SSSR count). The minimum atomic E-state index is -0.194. The topological polar surface area (TPSA) is 81.2 Å². The Kier molecular flexibility index (Phi) is 2.48. The van der Waals surface area contributed by atoms with Crippen LogP contribution in [-0.4, -0.2) is 23.1 Å². The lowest BCUT2D eigenvalue weighted by atomic mass is 9.78. The van der Waals surface area contributed by atoms with Crippen molar-refractivity contribution < 1.29 is 9.32 Å². The highest BCUT2D eigenvalue weighted by Gasteiger charge is 2.32. The number of hydrogen-bond donors (Lipinski definition) is 2. The average Bonchev–Trinajstić information content (AvgIpc) is 2.58. The van der Waals surface area contributed by atoms with Crippen LogP contribution in [0.2, 0.25) is 0 Å². The van der Waals surface area contributed by atoms with Crippen LogP contribution in [0.25, 0.3) is 0 Å². The normalized spacial score (nSPS) is 18.3. The van der Waals surface area contributed by atoms with Crippen molar-refractivity contribution in [2.24, 2.45) is 5.73 Å². The SMILES string of the molecule is Cc1oncc1C(=O)NCC1(N)CCC1. The van der Waals surface area contributed by atoms with E-state index in [0.717, 1.165) is 19.3 Å². The molecule has 1 amide bonds. The van der Waals surface area contributed by atoms with Gasteiger partial charge in [-0.1, -0.05) is 5.16 Å². The molecule has 0 saturated heterocycles. The van der Waals surface area contributed by atoms with Crippen molar-refractivity contribution >= 4 is 5.91 Å². The standard InChI is InChI=1S/C10H15N3O2/c1-7-8(5-13-15-7)9(14)12-6-10(11)3-2-4-10/h5H,2-4,6,11H2,1H3,(H,12,14). The Labute approximate surface area is 88.0 Å². The maximum absolute atomic E-state index is 11.6. The fourth-order valence-electron chi connectivity index (χ4n) is 1.68. The van der Waals surface area contributed by atoms with Crippen molar-refractivity contribution in [3.8, 4) is 0 Å². The van der Waals surface area contributed by atoms with Crippen molar-refractivity contribution in [2.45, 2.75) is 31.7 Å². The van der Waals surface area contributed by atoms with Crippen LogP contribution >= 0.6 is 0 Å². The Morgan fingerprint density at radius 1 is 1.73 bits per heavy atom. The average molecular weight is 209 g/mol. The summed E-state index contributed by atoms with van der Waals surface area (Å²) < 4.78 is 4.82. The third-order valence-corrected chi connectivity index (χ3v) is 2.95. The van der Waals surface area contributed by atoms with Gasteiger partial charge in [-0.2, -0.15) is 0 Å². The van der Waals surface area contributed by atoms with Crippen molar-refractivity contribution in [2.75, 3.05) is 6.54 Å². The summed E-state index contributed by atoms with van der Waals surface area (Å²) in [4.78, 5) is 11.6. The Balaban J connectivity index is 1.90. The Morgan fingerprint density at radius 3 is 2.93 bits per heavy atom. The summed E-state index contributed by atoms with van der Waals surface area (Å²) in [6, 6.07) is 0. The maximum Gasteiger partial charge on any atom is 0.256 e. The molecule has 1 saturated carbocycles. The van der Waals surface area contributed by atoms with Gasteiger partial charge in [0.15, 0.2) is 0 Å². The second-order valence-corrected chi connectivity index (χ2v) is 4.19. The molecule has 0 spiro atoms.